The summed E-state index contributed by atoms with van der Waals surface area (Å²) in [6.07, 6.45) is 6.18. The molecule has 0 radical (unpaired) electrons. The number of aromatic nitrogens is 2. The van der Waals surface area contributed by atoms with Crippen LogP contribution in [0.15, 0.2) is 0 Å². The average Bonchev–Trinajstić information content (AvgIpc) is 2.60. The van der Waals surface area contributed by atoms with Gasteiger partial charge in [-0.1, -0.05) is 38.4 Å². The third-order valence-corrected chi connectivity index (χ3v) is 3.40. The van der Waals surface area contributed by atoms with E-state index in [1.807, 2.05) is 14.0 Å². The summed E-state index contributed by atoms with van der Waals surface area (Å²) in [5.74, 6) is 0.688. The first kappa shape index (κ1) is 16.0. The number of aryl methyl sites for hydroxylation is 2. The van der Waals surface area contributed by atoms with Crippen LogP contribution in [-0.2, 0) is 7.05 Å². The zero-order chi connectivity index (χ0) is 14.4. The van der Waals surface area contributed by atoms with E-state index >= 15 is 0 Å². The molecule has 1 heterocycles. The number of hydrogen-bond donors (Lipinski definition) is 1. The molecule has 0 aliphatic heterocycles. The topological polar surface area (TPSA) is 53.1 Å². The Hall–Kier alpha value is -1.10. The van der Waals surface area contributed by atoms with Crippen molar-refractivity contribution in [3.05, 3.63) is 11.3 Å². The van der Waals surface area contributed by atoms with Gasteiger partial charge >= 0.3 is 0 Å². The molecule has 1 rings (SSSR count). The SMILES string of the molecule is CCCCCCC(C)Oc1c(C(N)=S)c(C)nn1C. The van der Waals surface area contributed by atoms with Crippen LogP contribution in [0.4, 0.5) is 0 Å². The van der Waals surface area contributed by atoms with Crippen molar-refractivity contribution in [3.63, 3.8) is 0 Å². The minimum atomic E-state index is 0.153. The summed E-state index contributed by atoms with van der Waals surface area (Å²) in [5.41, 5.74) is 7.33. The molecule has 0 bridgehead atoms. The molecule has 19 heavy (non-hydrogen) atoms. The summed E-state index contributed by atoms with van der Waals surface area (Å²) >= 11 is 5.07. The van der Waals surface area contributed by atoms with Gasteiger partial charge in [-0.2, -0.15) is 5.10 Å². The van der Waals surface area contributed by atoms with Gasteiger partial charge in [-0.15, -0.1) is 0 Å². The van der Waals surface area contributed by atoms with Gasteiger partial charge in [-0.3, -0.25) is 0 Å². The number of unbranched alkanes of at least 4 members (excludes halogenated alkanes) is 3. The Morgan fingerprint density at radius 2 is 2.11 bits per heavy atom. The van der Waals surface area contributed by atoms with Crippen molar-refractivity contribution in [2.75, 3.05) is 0 Å². The number of thiocarbonyl (C=S) groups is 1. The lowest BCUT2D eigenvalue weighted by atomic mass is 10.1. The van der Waals surface area contributed by atoms with Gasteiger partial charge in [-0.05, 0) is 26.7 Å². The van der Waals surface area contributed by atoms with E-state index in [2.05, 4.69) is 18.9 Å². The van der Waals surface area contributed by atoms with Gasteiger partial charge in [-0.25, -0.2) is 4.68 Å². The smallest absolute Gasteiger partial charge is 0.222 e. The predicted octanol–water partition coefficient (Wildman–Crippen LogP) is 3.10. The summed E-state index contributed by atoms with van der Waals surface area (Å²) in [4.78, 5) is 0.346. The summed E-state index contributed by atoms with van der Waals surface area (Å²) in [5, 5.41) is 4.32. The van der Waals surface area contributed by atoms with E-state index < -0.39 is 0 Å². The summed E-state index contributed by atoms with van der Waals surface area (Å²) in [6, 6.07) is 0. The lowest BCUT2D eigenvalue weighted by molar-refractivity contribution is 0.189. The van der Waals surface area contributed by atoms with Gasteiger partial charge in [0.15, 0.2) is 0 Å². The molecule has 1 atom stereocenters. The second-order valence-corrected chi connectivity index (χ2v) is 5.47. The van der Waals surface area contributed by atoms with Gasteiger partial charge < -0.3 is 10.5 Å². The minimum absolute atomic E-state index is 0.153. The van der Waals surface area contributed by atoms with Gasteiger partial charge in [0.25, 0.3) is 0 Å². The Labute approximate surface area is 121 Å². The van der Waals surface area contributed by atoms with Crippen LogP contribution in [0.5, 0.6) is 5.88 Å². The Kier molecular flexibility index (Phi) is 6.28. The van der Waals surface area contributed by atoms with Crippen molar-refractivity contribution in [2.24, 2.45) is 12.8 Å². The third kappa shape index (κ3) is 4.49. The monoisotopic (exact) mass is 283 g/mol. The first-order valence-electron chi connectivity index (χ1n) is 6.97. The van der Waals surface area contributed by atoms with Crippen molar-refractivity contribution in [1.29, 1.82) is 0 Å². The molecule has 2 N–H and O–H groups in total. The minimum Gasteiger partial charge on any atom is -0.474 e. The number of rotatable bonds is 8. The molecule has 4 nitrogen and oxygen atoms in total. The highest BCUT2D eigenvalue weighted by atomic mass is 32.1. The Balaban J connectivity index is 2.63. The Morgan fingerprint density at radius 1 is 1.42 bits per heavy atom. The molecule has 5 heteroatoms. The zero-order valence-electron chi connectivity index (χ0n) is 12.4. The maximum Gasteiger partial charge on any atom is 0.222 e. The second kappa shape index (κ2) is 7.48. The normalized spacial score (nSPS) is 12.4. The van der Waals surface area contributed by atoms with E-state index in [1.165, 1.54) is 25.7 Å². The van der Waals surface area contributed by atoms with Crippen molar-refractivity contribution < 1.29 is 4.74 Å². The molecule has 0 amide bonds. The fraction of sp³-hybridized carbons (Fsp3) is 0.714. The number of ether oxygens (including phenoxy) is 1. The van der Waals surface area contributed by atoms with Crippen molar-refractivity contribution in [1.82, 2.24) is 9.78 Å². The standard InChI is InChI=1S/C14H25N3OS/c1-5-6-7-8-9-10(2)18-14-12(13(15)19)11(3)16-17(14)4/h10H,5-9H2,1-4H3,(H2,15,19). The molecular weight excluding hydrogens is 258 g/mol. The second-order valence-electron chi connectivity index (χ2n) is 5.03. The maximum absolute atomic E-state index is 5.97. The highest BCUT2D eigenvalue weighted by Crippen LogP contribution is 2.23. The molecule has 0 fully saturated rings. The highest BCUT2D eigenvalue weighted by molar-refractivity contribution is 7.80. The van der Waals surface area contributed by atoms with Gasteiger partial charge in [0, 0.05) is 7.05 Å². The molecule has 1 aromatic rings. The van der Waals surface area contributed by atoms with E-state index in [9.17, 15) is 0 Å². The molecule has 0 saturated carbocycles. The van der Waals surface area contributed by atoms with Crippen LogP contribution in [0, 0.1) is 6.92 Å². The third-order valence-electron chi connectivity index (χ3n) is 3.19. The number of hydrogen-bond acceptors (Lipinski definition) is 3. The van der Waals surface area contributed by atoms with Gasteiger partial charge in [0.2, 0.25) is 5.88 Å². The van der Waals surface area contributed by atoms with E-state index in [1.54, 1.807) is 4.68 Å². The fourth-order valence-corrected chi connectivity index (χ4v) is 2.40. The first-order valence-corrected chi connectivity index (χ1v) is 7.38. The van der Waals surface area contributed by atoms with Crippen molar-refractivity contribution in [2.45, 2.75) is 59.0 Å². The summed E-state index contributed by atoms with van der Waals surface area (Å²) in [7, 11) is 1.86. The van der Waals surface area contributed by atoms with Crippen molar-refractivity contribution in [3.8, 4) is 5.88 Å². The Bertz CT molecular complexity index is 429. The molecule has 0 aliphatic rings. The lowest BCUT2D eigenvalue weighted by Gasteiger charge is -2.15. The molecule has 0 aromatic carbocycles. The highest BCUT2D eigenvalue weighted by Gasteiger charge is 2.18. The zero-order valence-corrected chi connectivity index (χ0v) is 13.2. The molecule has 0 aliphatic carbocycles. The molecule has 108 valence electrons. The molecule has 1 aromatic heterocycles. The predicted molar refractivity (Wildman–Crippen MR) is 82.7 cm³/mol. The molecular formula is C14H25N3OS. The Morgan fingerprint density at radius 3 is 2.68 bits per heavy atom. The average molecular weight is 283 g/mol. The van der Waals surface area contributed by atoms with Crippen LogP contribution < -0.4 is 10.5 Å². The molecule has 0 spiro atoms. The summed E-state index contributed by atoms with van der Waals surface area (Å²) < 4.78 is 7.69. The van der Waals surface area contributed by atoms with Crippen LogP contribution in [-0.4, -0.2) is 20.9 Å². The number of nitrogens with zero attached hydrogens (tertiary/aromatic N) is 2. The van der Waals surface area contributed by atoms with Crippen LogP contribution in [0.25, 0.3) is 0 Å². The largest absolute Gasteiger partial charge is 0.474 e. The van der Waals surface area contributed by atoms with Crippen LogP contribution >= 0.6 is 12.2 Å². The first-order chi connectivity index (χ1) is 8.97. The summed E-state index contributed by atoms with van der Waals surface area (Å²) in [6.45, 7) is 6.19. The number of nitrogens with two attached hydrogens (primary N) is 1. The molecule has 0 saturated heterocycles. The fourth-order valence-electron chi connectivity index (χ4n) is 2.16. The van der Waals surface area contributed by atoms with E-state index in [4.69, 9.17) is 22.7 Å². The molecule has 1 unspecified atom stereocenters. The lowest BCUT2D eigenvalue weighted by Crippen LogP contribution is -2.18. The van der Waals surface area contributed by atoms with E-state index in [0.29, 0.717) is 10.9 Å². The van der Waals surface area contributed by atoms with Crippen LogP contribution in [0.3, 0.4) is 0 Å². The van der Waals surface area contributed by atoms with Gasteiger partial charge in [0.1, 0.15) is 4.99 Å². The van der Waals surface area contributed by atoms with Gasteiger partial charge in [0.05, 0.1) is 17.4 Å². The quantitative estimate of drug-likeness (QED) is 0.588. The van der Waals surface area contributed by atoms with Crippen molar-refractivity contribution >= 4 is 17.2 Å². The van der Waals surface area contributed by atoms with E-state index in [-0.39, 0.29) is 6.10 Å². The van der Waals surface area contributed by atoms with Crippen LogP contribution in [0.2, 0.25) is 0 Å². The van der Waals surface area contributed by atoms with E-state index in [0.717, 1.165) is 17.7 Å². The maximum atomic E-state index is 5.97. The van der Waals surface area contributed by atoms with Crippen LogP contribution in [0.1, 0.15) is 57.2 Å².